The van der Waals surface area contributed by atoms with E-state index in [0.717, 1.165) is 113 Å². The summed E-state index contributed by atoms with van der Waals surface area (Å²) in [6.45, 7) is 3.77. The number of H-pyrrole nitrogens is 2. The largest absolute Gasteiger partial charge is 0.324 e. The quantitative estimate of drug-likeness (QED) is 0.0895. The van der Waals surface area contributed by atoms with Crippen molar-refractivity contribution >= 4 is 91.2 Å². The zero-order chi connectivity index (χ0) is 44.5. The van der Waals surface area contributed by atoms with E-state index in [9.17, 15) is 0 Å². The van der Waals surface area contributed by atoms with Gasteiger partial charge in [0.2, 0.25) is 0 Å². The Labute approximate surface area is 391 Å². The van der Waals surface area contributed by atoms with E-state index in [1.807, 2.05) is 47.0 Å². The topological polar surface area (TPSA) is 122 Å². The summed E-state index contributed by atoms with van der Waals surface area (Å²) in [6, 6.07) is 25.7. The van der Waals surface area contributed by atoms with Gasteiger partial charge in [-0.05, 0) is 80.6 Å². The Kier molecular flexibility index (Phi) is 13.6. The molecule has 2 N–H and O–H groups in total. The molecule has 0 saturated heterocycles. The van der Waals surface area contributed by atoms with Crippen molar-refractivity contribution in [2.24, 2.45) is 0 Å². The molecule has 2 aliphatic rings. The first kappa shape index (κ1) is 44.7. The number of nitrogens with one attached hydrogen (secondary N) is 2. The van der Waals surface area contributed by atoms with Gasteiger partial charge in [0.25, 0.3) is 0 Å². The van der Waals surface area contributed by atoms with Gasteiger partial charge in [-0.3, -0.25) is 0 Å². The molecule has 64 heavy (non-hydrogen) atoms. The second-order valence-electron chi connectivity index (χ2n) is 16.9. The van der Waals surface area contributed by atoms with Gasteiger partial charge in [0.05, 0.1) is 0 Å². The lowest BCUT2D eigenvalue weighted by atomic mass is 10.1. The van der Waals surface area contributed by atoms with Crippen molar-refractivity contribution in [1.29, 1.82) is 0 Å². The summed E-state index contributed by atoms with van der Waals surface area (Å²) in [5.74, 6) is 6.14. The Morgan fingerprint density at radius 1 is 0.375 bits per heavy atom. The van der Waals surface area contributed by atoms with Crippen LogP contribution in [0.3, 0.4) is 0 Å². The maximum absolute atomic E-state index is 5.45. The number of aromatic nitrogens is 8. The van der Waals surface area contributed by atoms with E-state index in [1.54, 1.807) is 0 Å². The third-order valence-corrected chi connectivity index (χ3v) is 15.1. The number of fused-ring (bicyclic) bond motifs is 20. The number of rotatable bonds is 16. The zero-order valence-corrected chi connectivity index (χ0v) is 41.0. The van der Waals surface area contributed by atoms with Gasteiger partial charge in [0.1, 0.15) is 22.6 Å². The van der Waals surface area contributed by atoms with Crippen molar-refractivity contribution in [3.05, 3.63) is 72.8 Å². The van der Waals surface area contributed by atoms with Crippen molar-refractivity contribution in [2.75, 3.05) is 106 Å². The molecule has 12 nitrogen and oxygen atoms in total. The number of benzene rings is 4. The number of aromatic amines is 2. The molecule has 0 spiro atoms. The van der Waals surface area contributed by atoms with E-state index in [1.165, 1.54) is 0 Å². The van der Waals surface area contributed by atoms with Crippen LogP contribution in [0.4, 0.5) is 0 Å². The molecular formula is C48H54N12S4. The zero-order valence-electron chi connectivity index (χ0n) is 37.7. The third-order valence-electron chi connectivity index (χ3n) is 11.0. The standard InChI is InChI=1S/C48H54N12S4/c1-57(2)21-25-61-33-17-9-13-29-37(33)45-49-41(29)54-46-39-31(15-11-19-35(39)63-27-23-59(5)6)43(51-46)56-48-40-32(16-12-20-36(40)64-28-24-60(7)8)44(52-48)55-47-38-30(42(50-47)53-45)14-10-18-34(38)62-26-22-58(3)4/h9-20H,21-28H2,1-8H3,(H2,49,50,51,52,53,54,55,56). The lowest BCUT2D eigenvalue weighted by Crippen LogP contribution is -2.14. The van der Waals surface area contributed by atoms with Gasteiger partial charge in [0, 0.05) is 113 Å². The summed E-state index contributed by atoms with van der Waals surface area (Å²) in [5, 5.41) is 3.98. The summed E-state index contributed by atoms with van der Waals surface area (Å²) in [7, 11) is 16.9. The summed E-state index contributed by atoms with van der Waals surface area (Å²) >= 11 is 7.30. The summed E-state index contributed by atoms with van der Waals surface area (Å²) in [6.07, 6.45) is 0. The molecule has 0 radical (unpaired) electrons. The van der Waals surface area contributed by atoms with E-state index >= 15 is 0 Å². The van der Waals surface area contributed by atoms with Crippen LogP contribution in [0.15, 0.2) is 92.4 Å². The van der Waals surface area contributed by atoms with E-state index in [2.05, 4.69) is 159 Å². The van der Waals surface area contributed by atoms with Crippen LogP contribution in [-0.2, 0) is 0 Å². The van der Waals surface area contributed by atoms with Crippen LogP contribution in [0, 0.1) is 0 Å². The highest BCUT2D eigenvalue weighted by molar-refractivity contribution is 8.00. The van der Waals surface area contributed by atoms with Crippen molar-refractivity contribution in [3.8, 4) is 45.6 Å². The van der Waals surface area contributed by atoms with Gasteiger partial charge in [-0.2, -0.15) is 0 Å². The number of thioether (sulfide) groups is 4. The van der Waals surface area contributed by atoms with Crippen LogP contribution in [-0.4, -0.2) is 165 Å². The van der Waals surface area contributed by atoms with Gasteiger partial charge in [-0.1, -0.05) is 48.5 Å². The molecular weight excluding hydrogens is 873 g/mol. The second-order valence-corrected chi connectivity index (χ2v) is 21.5. The maximum atomic E-state index is 5.45. The molecule has 9 rings (SSSR count). The Morgan fingerprint density at radius 3 is 1.08 bits per heavy atom. The third kappa shape index (κ3) is 9.43. The Bertz CT molecular complexity index is 2810. The molecule has 7 aromatic rings. The second kappa shape index (κ2) is 19.5. The molecule has 2 aliphatic heterocycles. The van der Waals surface area contributed by atoms with E-state index in [0.29, 0.717) is 45.9 Å². The average Bonchev–Trinajstić information content (AvgIpc) is 4.00. The van der Waals surface area contributed by atoms with Crippen LogP contribution in [0.2, 0.25) is 0 Å². The molecule has 16 heteroatoms. The molecule has 0 amide bonds. The summed E-state index contributed by atoms with van der Waals surface area (Å²) in [4.78, 5) is 53.2. The Hall–Kier alpha value is -4.52. The Morgan fingerprint density at radius 2 is 0.703 bits per heavy atom. The fraction of sp³-hybridized carbons (Fsp3) is 0.333. The highest BCUT2D eigenvalue weighted by Crippen LogP contribution is 2.44. The van der Waals surface area contributed by atoms with Crippen LogP contribution in [0.25, 0.3) is 89.7 Å². The molecule has 8 bridgehead atoms. The molecule has 4 aromatic carbocycles. The van der Waals surface area contributed by atoms with Gasteiger partial charge in [0.15, 0.2) is 23.3 Å². The van der Waals surface area contributed by atoms with Gasteiger partial charge >= 0.3 is 0 Å². The molecule has 0 aliphatic carbocycles. The van der Waals surface area contributed by atoms with Crippen molar-refractivity contribution in [2.45, 2.75) is 19.6 Å². The molecule has 5 heterocycles. The van der Waals surface area contributed by atoms with Gasteiger partial charge < -0.3 is 29.6 Å². The maximum Gasteiger partial charge on any atom is 0.165 e. The Balaban J connectivity index is 1.38. The van der Waals surface area contributed by atoms with Crippen LogP contribution < -0.4 is 0 Å². The normalized spacial score (nSPS) is 12.4. The lowest BCUT2D eigenvalue weighted by Gasteiger charge is -2.11. The highest BCUT2D eigenvalue weighted by atomic mass is 32.2. The lowest BCUT2D eigenvalue weighted by molar-refractivity contribution is 0.437. The monoisotopic (exact) mass is 926 g/mol. The fourth-order valence-corrected chi connectivity index (χ4v) is 12.5. The molecule has 0 unspecified atom stereocenters. The minimum absolute atomic E-state index is 0.609. The number of nitrogens with zero attached hydrogens (tertiary/aromatic N) is 10. The predicted octanol–water partition coefficient (Wildman–Crippen LogP) is 9.48. The highest BCUT2D eigenvalue weighted by Gasteiger charge is 2.26. The van der Waals surface area contributed by atoms with Crippen molar-refractivity contribution in [1.82, 2.24) is 59.5 Å². The van der Waals surface area contributed by atoms with Crippen molar-refractivity contribution in [3.63, 3.8) is 0 Å². The van der Waals surface area contributed by atoms with Crippen molar-refractivity contribution < 1.29 is 0 Å². The first-order valence-electron chi connectivity index (χ1n) is 21.5. The van der Waals surface area contributed by atoms with Gasteiger partial charge in [-0.25, -0.2) is 29.9 Å². The summed E-state index contributed by atoms with van der Waals surface area (Å²) in [5.41, 5.74) is 6.68. The minimum atomic E-state index is 0.609. The molecule has 3 aromatic heterocycles. The molecule has 0 atom stereocenters. The first-order chi connectivity index (χ1) is 31.0. The van der Waals surface area contributed by atoms with E-state index < -0.39 is 0 Å². The number of hydrogen-bond acceptors (Lipinski definition) is 14. The smallest absolute Gasteiger partial charge is 0.165 e. The first-order valence-corrected chi connectivity index (χ1v) is 25.4. The molecule has 330 valence electrons. The average molecular weight is 927 g/mol. The van der Waals surface area contributed by atoms with Crippen LogP contribution in [0.1, 0.15) is 0 Å². The minimum Gasteiger partial charge on any atom is -0.324 e. The van der Waals surface area contributed by atoms with Crippen LogP contribution in [0.5, 0.6) is 0 Å². The fourth-order valence-electron chi connectivity index (χ4n) is 7.69. The van der Waals surface area contributed by atoms with E-state index in [-0.39, 0.29) is 0 Å². The van der Waals surface area contributed by atoms with E-state index in [4.69, 9.17) is 29.9 Å². The predicted molar refractivity (Wildman–Crippen MR) is 273 cm³/mol. The number of hydrogen-bond donors (Lipinski definition) is 2. The molecule has 0 saturated carbocycles. The van der Waals surface area contributed by atoms with Crippen LogP contribution >= 0.6 is 47.0 Å². The molecule has 0 fully saturated rings. The van der Waals surface area contributed by atoms with Gasteiger partial charge in [-0.15, -0.1) is 47.0 Å². The SMILES string of the molecule is CN(C)CCSc1cccc2c1-c1nc-2nc2[nH]c(nc3nc(nc4[nH]c(n1)c1cccc(SCCN(C)C)c41)-c1cccc(SCCN(C)C)c1-3)c1cccc(SCCN(C)C)c21. The summed E-state index contributed by atoms with van der Waals surface area (Å²) < 4.78 is 0.